The van der Waals surface area contributed by atoms with Crippen LogP contribution in [0.5, 0.6) is 0 Å². The molecule has 2 amide bonds. The third kappa shape index (κ3) is 2.54. The molecule has 0 N–H and O–H groups in total. The maximum Gasteiger partial charge on any atom is 0.293 e. The Kier molecular flexibility index (Phi) is 3.67. The molecule has 1 heterocycles. The van der Waals surface area contributed by atoms with Crippen molar-refractivity contribution >= 4 is 29.0 Å². The summed E-state index contributed by atoms with van der Waals surface area (Å²) < 4.78 is 0. The van der Waals surface area contributed by atoms with Crippen LogP contribution in [0.3, 0.4) is 0 Å². The van der Waals surface area contributed by atoms with E-state index in [0.29, 0.717) is 4.91 Å². The first kappa shape index (κ1) is 12.6. The first-order chi connectivity index (χ1) is 8.61. The molecule has 0 bridgehead atoms. The fourth-order valence-electron chi connectivity index (χ4n) is 1.70. The van der Waals surface area contributed by atoms with Crippen molar-refractivity contribution < 1.29 is 9.59 Å². The van der Waals surface area contributed by atoms with Gasteiger partial charge >= 0.3 is 0 Å². The summed E-state index contributed by atoms with van der Waals surface area (Å²) in [7, 11) is 0. The van der Waals surface area contributed by atoms with E-state index in [9.17, 15) is 9.59 Å². The summed E-state index contributed by atoms with van der Waals surface area (Å²) in [6, 6.07) is 7.80. The number of hydrogen-bond donors (Lipinski definition) is 0. The van der Waals surface area contributed by atoms with Gasteiger partial charge in [0.1, 0.15) is 0 Å². The number of amides is 2. The zero-order valence-electron chi connectivity index (χ0n) is 10.1. The van der Waals surface area contributed by atoms with Gasteiger partial charge in [0.25, 0.3) is 11.1 Å². The van der Waals surface area contributed by atoms with Gasteiger partial charge in [-0.2, -0.15) is 0 Å². The van der Waals surface area contributed by atoms with E-state index in [-0.39, 0.29) is 17.7 Å². The van der Waals surface area contributed by atoms with Crippen molar-refractivity contribution in [2.45, 2.75) is 6.92 Å². The Morgan fingerprint density at radius 2 is 2.17 bits per heavy atom. The molecule has 3 nitrogen and oxygen atoms in total. The van der Waals surface area contributed by atoms with Gasteiger partial charge in [0.2, 0.25) is 0 Å². The number of rotatable bonds is 3. The zero-order chi connectivity index (χ0) is 13.1. The van der Waals surface area contributed by atoms with Gasteiger partial charge in [0.15, 0.2) is 0 Å². The molecule has 1 aromatic rings. The molecule has 0 saturated carbocycles. The molecule has 0 spiro atoms. The van der Waals surface area contributed by atoms with Gasteiger partial charge in [0, 0.05) is 6.54 Å². The lowest BCUT2D eigenvalue weighted by atomic mass is 10.1. The average molecular weight is 259 g/mol. The SMILES string of the molecule is C=CCN1C(=O)SC(=Cc2cccc(C)c2)C1=O. The lowest BCUT2D eigenvalue weighted by Gasteiger charge is -2.07. The van der Waals surface area contributed by atoms with Crippen molar-refractivity contribution in [1.29, 1.82) is 0 Å². The maximum atomic E-state index is 12.0. The smallest absolute Gasteiger partial charge is 0.268 e. The van der Waals surface area contributed by atoms with Crippen molar-refractivity contribution in [2.75, 3.05) is 6.54 Å². The Morgan fingerprint density at radius 3 is 2.83 bits per heavy atom. The summed E-state index contributed by atoms with van der Waals surface area (Å²) in [5.74, 6) is -0.244. The predicted molar refractivity (Wildman–Crippen MR) is 74.1 cm³/mol. The van der Waals surface area contributed by atoms with Crippen LogP contribution in [0.2, 0.25) is 0 Å². The molecule has 1 saturated heterocycles. The van der Waals surface area contributed by atoms with E-state index in [0.717, 1.165) is 22.9 Å². The normalized spacial score (nSPS) is 17.6. The minimum Gasteiger partial charge on any atom is -0.268 e. The fourth-order valence-corrected chi connectivity index (χ4v) is 2.55. The highest BCUT2D eigenvalue weighted by atomic mass is 32.2. The molecule has 4 heteroatoms. The molecule has 0 aliphatic carbocycles. The fraction of sp³-hybridized carbons (Fsp3) is 0.143. The van der Waals surface area contributed by atoms with Gasteiger partial charge in [-0.25, -0.2) is 0 Å². The van der Waals surface area contributed by atoms with Gasteiger partial charge < -0.3 is 0 Å². The number of benzene rings is 1. The lowest BCUT2D eigenvalue weighted by molar-refractivity contribution is -0.122. The lowest BCUT2D eigenvalue weighted by Crippen LogP contribution is -2.27. The Balaban J connectivity index is 2.27. The standard InChI is InChI=1S/C14H13NO2S/c1-3-7-15-13(16)12(18-14(15)17)9-11-6-4-5-10(2)8-11/h3-6,8-9H,1,7H2,2H3. The second kappa shape index (κ2) is 5.23. The van der Waals surface area contributed by atoms with E-state index in [1.807, 2.05) is 31.2 Å². The molecule has 1 aromatic carbocycles. The summed E-state index contributed by atoms with van der Waals surface area (Å²) in [6.07, 6.45) is 3.30. The van der Waals surface area contributed by atoms with Crippen LogP contribution in [-0.2, 0) is 4.79 Å². The molecule has 92 valence electrons. The Morgan fingerprint density at radius 1 is 1.39 bits per heavy atom. The van der Waals surface area contributed by atoms with Crippen molar-refractivity contribution in [2.24, 2.45) is 0 Å². The van der Waals surface area contributed by atoms with Crippen LogP contribution >= 0.6 is 11.8 Å². The number of hydrogen-bond acceptors (Lipinski definition) is 3. The van der Waals surface area contributed by atoms with Crippen molar-refractivity contribution in [3.63, 3.8) is 0 Å². The molecule has 18 heavy (non-hydrogen) atoms. The van der Waals surface area contributed by atoms with Crippen LogP contribution in [-0.4, -0.2) is 22.6 Å². The largest absolute Gasteiger partial charge is 0.293 e. The molecule has 2 rings (SSSR count). The van der Waals surface area contributed by atoms with E-state index in [1.54, 1.807) is 12.2 Å². The molecular formula is C14H13NO2S. The Labute approximate surface area is 110 Å². The summed E-state index contributed by atoms with van der Waals surface area (Å²) >= 11 is 0.973. The second-order valence-electron chi connectivity index (χ2n) is 4.00. The van der Waals surface area contributed by atoms with Crippen molar-refractivity contribution in [3.8, 4) is 0 Å². The number of aryl methyl sites for hydroxylation is 1. The number of carbonyl (C=O) groups is 2. The van der Waals surface area contributed by atoms with Crippen LogP contribution in [0, 0.1) is 6.92 Å². The molecule has 0 atom stereocenters. The molecule has 1 aliphatic heterocycles. The Hall–Kier alpha value is -1.81. The monoisotopic (exact) mass is 259 g/mol. The predicted octanol–water partition coefficient (Wildman–Crippen LogP) is 3.22. The van der Waals surface area contributed by atoms with Crippen molar-refractivity contribution in [1.82, 2.24) is 4.90 Å². The van der Waals surface area contributed by atoms with Gasteiger partial charge in [-0.3, -0.25) is 14.5 Å². The highest BCUT2D eigenvalue weighted by Crippen LogP contribution is 2.32. The van der Waals surface area contributed by atoms with E-state index in [4.69, 9.17) is 0 Å². The van der Waals surface area contributed by atoms with Gasteiger partial charge in [-0.1, -0.05) is 35.9 Å². The molecule has 1 aliphatic rings. The summed E-state index contributed by atoms with van der Waals surface area (Å²) in [6.45, 7) is 5.79. The van der Waals surface area contributed by atoms with Gasteiger partial charge in [0.05, 0.1) is 4.91 Å². The third-order valence-corrected chi connectivity index (χ3v) is 3.43. The van der Waals surface area contributed by atoms with E-state index in [2.05, 4.69) is 6.58 Å². The number of thioether (sulfide) groups is 1. The minimum atomic E-state index is -0.244. The molecule has 1 fully saturated rings. The topological polar surface area (TPSA) is 37.4 Å². The first-order valence-corrected chi connectivity index (χ1v) is 6.36. The van der Waals surface area contributed by atoms with Crippen LogP contribution in [0.15, 0.2) is 41.8 Å². The highest BCUT2D eigenvalue weighted by Gasteiger charge is 2.33. The van der Waals surface area contributed by atoms with Crippen LogP contribution in [0.1, 0.15) is 11.1 Å². The van der Waals surface area contributed by atoms with E-state index < -0.39 is 0 Å². The van der Waals surface area contributed by atoms with Crippen LogP contribution in [0.4, 0.5) is 4.79 Å². The molecule has 0 aromatic heterocycles. The number of nitrogens with zero attached hydrogens (tertiary/aromatic N) is 1. The van der Waals surface area contributed by atoms with Gasteiger partial charge in [-0.05, 0) is 30.3 Å². The molecule has 0 radical (unpaired) electrons. The minimum absolute atomic E-state index is 0.237. The zero-order valence-corrected chi connectivity index (χ0v) is 10.9. The Bertz CT molecular complexity index is 548. The number of carbonyl (C=O) groups excluding carboxylic acids is 2. The summed E-state index contributed by atoms with van der Waals surface area (Å²) in [5, 5.41) is -0.237. The average Bonchev–Trinajstić information content (AvgIpc) is 2.57. The number of imide groups is 1. The quantitative estimate of drug-likeness (QED) is 0.618. The van der Waals surface area contributed by atoms with E-state index in [1.165, 1.54) is 4.90 Å². The molecule has 0 unspecified atom stereocenters. The summed E-state index contributed by atoms with van der Waals surface area (Å²) in [5.41, 5.74) is 2.05. The maximum absolute atomic E-state index is 12.0. The van der Waals surface area contributed by atoms with Crippen LogP contribution in [0.25, 0.3) is 6.08 Å². The van der Waals surface area contributed by atoms with Gasteiger partial charge in [-0.15, -0.1) is 6.58 Å². The highest BCUT2D eigenvalue weighted by molar-refractivity contribution is 8.18. The van der Waals surface area contributed by atoms with E-state index >= 15 is 0 Å². The summed E-state index contributed by atoms with van der Waals surface area (Å²) in [4.78, 5) is 25.2. The molecular weight excluding hydrogens is 246 g/mol. The van der Waals surface area contributed by atoms with Crippen molar-refractivity contribution in [3.05, 3.63) is 53.0 Å². The van der Waals surface area contributed by atoms with Crippen LogP contribution < -0.4 is 0 Å². The third-order valence-electron chi connectivity index (χ3n) is 2.53. The first-order valence-electron chi connectivity index (χ1n) is 5.55. The second-order valence-corrected chi connectivity index (χ2v) is 4.99.